The van der Waals surface area contributed by atoms with Gasteiger partial charge in [0.05, 0.1) is 24.1 Å². The van der Waals surface area contributed by atoms with E-state index in [1.54, 1.807) is 18.2 Å². The molecule has 180 valence electrons. The molecule has 0 spiro atoms. The number of fused-ring (bicyclic) bond motifs is 1. The van der Waals surface area contributed by atoms with E-state index >= 15 is 0 Å². The van der Waals surface area contributed by atoms with Crippen molar-refractivity contribution in [3.05, 3.63) is 64.7 Å². The van der Waals surface area contributed by atoms with Gasteiger partial charge in [-0.15, -0.1) is 0 Å². The van der Waals surface area contributed by atoms with Crippen molar-refractivity contribution in [3.63, 3.8) is 0 Å². The van der Waals surface area contributed by atoms with Crippen LogP contribution in [0, 0.1) is 0 Å². The molecular formula is C23H21F3N2O5S. The van der Waals surface area contributed by atoms with Crippen molar-refractivity contribution in [1.82, 2.24) is 5.32 Å². The number of halogens is 3. The Morgan fingerprint density at radius 2 is 1.91 bits per heavy atom. The van der Waals surface area contributed by atoms with E-state index in [-0.39, 0.29) is 29.6 Å². The van der Waals surface area contributed by atoms with Crippen LogP contribution in [-0.4, -0.2) is 40.1 Å². The predicted octanol–water partition coefficient (Wildman–Crippen LogP) is 3.64. The SMILES string of the molecule is COc1cc(C2CC(=O)NC3=NCC=C32)ccc1OCc1ccc(S(C)(=O)=O)cc1C(F)(F)F. The van der Waals surface area contributed by atoms with E-state index in [1.165, 1.54) is 7.11 Å². The Kier molecular flexibility index (Phi) is 6.15. The summed E-state index contributed by atoms with van der Waals surface area (Å²) in [5, 5.41) is 2.74. The van der Waals surface area contributed by atoms with Crippen LogP contribution < -0.4 is 14.8 Å². The fraction of sp³-hybridized carbons (Fsp3) is 0.304. The Hall–Kier alpha value is -3.34. The molecule has 2 aromatic rings. The van der Waals surface area contributed by atoms with Crippen molar-refractivity contribution < 1.29 is 35.9 Å². The molecule has 1 amide bonds. The number of amidine groups is 1. The zero-order valence-electron chi connectivity index (χ0n) is 18.3. The van der Waals surface area contributed by atoms with Crippen LogP contribution >= 0.6 is 0 Å². The Balaban J connectivity index is 1.60. The summed E-state index contributed by atoms with van der Waals surface area (Å²) in [7, 11) is -2.40. The fourth-order valence-electron chi connectivity index (χ4n) is 3.97. The van der Waals surface area contributed by atoms with Gasteiger partial charge in [-0.05, 0) is 29.8 Å². The number of methoxy groups -OCH3 is 1. The topological polar surface area (TPSA) is 94.1 Å². The molecule has 0 saturated carbocycles. The number of hydrogen-bond donors (Lipinski definition) is 1. The second-order valence-corrected chi connectivity index (χ2v) is 9.96. The number of benzene rings is 2. The number of alkyl halides is 3. The number of piperidine rings is 1. The van der Waals surface area contributed by atoms with Crippen molar-refractivity contribution in [1.29, 1.82) is 0 Å². The summed E-state index contributed by atoms with van der Waals surface area (Å²) in [6.07, 6.45) is -1.74. The number of nitrogens with zero attached hydrogens (tertiary/aromatic N) is 1. The maximum atomic E-state index is 13.6. The molecule has 0 aromatic heterocycles. The van der Waals surface area contributed by atoms with E-state index in [1.807, 2.05) is 6.08 Å². The predicted molar refractivity (Wildman–Crippen MR) is 118 cm³/mol. The molecule has 0 radical (unpaired) electrons. The minimum absolute atomic E-state index is 0.153. The number of amides is 1. The molecule has 0 aliphatic carbocycles. The van der Waals surface area contributed by atoms with E-state index in [9.17, 15) is 26.4 Å². The lowest BCUT2D eigenvalue weighted by Gasteiger charge is -2.26. The van der Waals surface area contributed by atoms with E-state index < -0.39 is 33.1 Å². The summed E-state index contributed by atoms with van der Waals surface area (Å²) < 4.78 is 75.1. The molecule has 1 unspecified atom stereocenters. The van der Waals surface area contributed by atoms with Crippen molar-refractivity contribution in [3.8, 4) is 11.5 Å². The molecule has 4 rings (SSSR count). The lowest BCUT2D eigenvalue weighted by Crippen LogP contribution is -2.38. The Morgan fingerprint density at radius 1 is 1.15 bits per heavy atom. The first-order valence-corrected chi connectivity index (χ1v) is 12.1. The summed E-state index contributed by atoms with van der Waals surface area (Å²) in [5.41, 5.74) is 0.399. The lowest BCUT2D eigenvalue weighted by molar-refractivity contribution is -0.138. The number of carbonyl (C=O) groups excluding carboxylic acids is 1. The maximum absolute atomic E-state index is 13.6. The van der Waals surface area contributed by atoms with Crippen LogP contribution in [0.15, 0.2) is 57.9 Å². The van der Waals surface area contributed by atoms with Crippen molar-refractivity contribution in [2.45, 2.75) is 30.0 Å². The zero-order valence-corrected chi connectivity index (χ0v) is 19.1. The molecule has 0 bridgehead atoms. The quantitative estimate of drug-likeness (QED) is 0.662. The van der Waals surface area contributed by atoms with Crippen LogP contribution in [0.4, 0.5) is 13.2 Å². The van der Waals surface area contributed by atoms with Crippen LogP contribution in [0.3, 0.4) is 0 Å². The molecule has 1 N–H and O–H groups in total. The Morgan fingerprint density at radius 3 is 2.59 bits per heavy atom. The standard InChI is InChI=1S/C23H21F3N2O5S/c1-32-20-9-13(17-11-21(29)28-22-16(17)7-8-27-22)4-6-19(20)33-12-14-3-5-15(34(2,30)31)10-18(14)23(24,25)26/h3-7,9-10,17H,8,11-12H2,1-2H3,(H,27,28,29). The van der Waals surface area contributed by atoms with Crippen LogP contribution in [0.5, 0.6) is 11.5 Å². The molecular weight excluding hydrogens is 473 g/mol. The summed E-state index contributed by atoms with van der Waals surface area (Å²) in [6.45, 7) is 0.0296. The fourth-order valence-corrected chi connectivity index (χ4v) is 4.62. The third-order valence-electron chi connectivity index (χ3n) is 5.64. The Bertz CT molecular complexity index is 1320. The van der Waals surface area contributed by atoms with Crippen LogP contribution in [0.25, 0.3) is 0 Å². The highest BCUT2D eigenvalue weighted by Crippen LogP contribution is 2.39. The summed E-state index contributed by atoms with van der Waals surface area (Å²) >= 11 is 0. The third-order valence-corrected chi connectivity index (χ3v) is 6.76. The van der Waals surface area contributed by atoms with Gasteiger partial charge in [0.25, 0.3) is 0 Å². The second-order valence-electron chi connectivity index (χ2n) is 7.94. The van der Waals surface area contributed by atoms with Gasteiger partial charge in [-0.1, -0.05) is 18.2 Å². The number of rotatable bonds is 6. The first-order chi connectivity index (χ1) is 16.0. The molecule has 1 saturated heterocycles. The molecule has 1 fully saturated rings. The van der Waals surface area contributed by atoms with E-state index in [0.717, 1.165) is 29.5 Å². The monoisotopic (exact) mass is 494 g/mol. The maximum Gasteiger partial charge on any atom is 0.416 e. The molecule has 2 aliphatic rings. The number of nitrogens with one attached hydrogen (secondary N) is 1. The lowest BCUT2D eigenvalue weighted by atomic mass is 9.85. The van der Waals surface area contributed by atoms with Gasteiger partial charge >= 0.3 is 6.18 Å². The van der Waals surface area contributed by atoms with Gasteiger partial charge in [0.1, 0.15) is 12.4 Å². The molecule has 7 nitrogen and oxygen atoms in total. The van der Waals surface area contributed by atoms with Crippen molar-refractivity contribution in [2.24, 2.45) is 4.99 Å². The molecule has 2 heterocycles. The highest BCUT2D eigenvalue weighted by atomic mass is 32.2. The molecule has 2 aliphatic heterocycles. The van der Waals surface area contributed by atoms with E-state index in [4.69, 9.17) is 9.47 Å². The number of sulfone groups is 1. The largest absolute Gasteiger partial charge is 0.493 e. The summed E-state index contributed by atoms with van der Waals surface area (Å²) in [5.74, 6) is 0.679. The van der Waals surface area contributed by atoms with Gasteiger partial charge in [-0.3, -0.25) is 9.79 Å². The highest BCUT2D eigenvalue weighted by Gasteiger charge is 2.35. The minimum atomic E-state index is -4.76. The number of carbonyl (C=O) groups is 1. The minimum Gasteiger partial charge on any atom is -0.493 e. The third kappa shape index (κ3) is 4.79. The number of hydrogen-bond acceptors (Lipinski definition) is 6. The molecule has 2 aromatic carbocycles. The van der Waals surface area contributed by atoms with Gasteiger partial charge in [-0.2, -0.15) is 13.2 Å². The first-order valence-electron chi connectivity index (χ1n) is 10.2. The molecule has 34 heavy (non-hydrogen) atoms. The van der Waals surface area contributed by atoms with E-state index in [0.29, 0.717) is 24.2 Å². The average Bonchev–Trinajstić information content (AvgIpc) is 3.24. The normalized spacial score (nSPS) is 18.0. The molecule has 11 heteroatoms. The zero-order chi connectivity index (χ0) is 24.7. The number of ether oxygens (including phenoxy) is 2. The smallest absolute Gasteiger partial charge is 0.416 e. The van der Waals surface area contributed by atoms with Gasteiger partial charge in [0, 0.05) is 29.7 Å². The Labute approximate surface area is 194 Å². The summed E-state index contributed by atoms with van der Waals surface area (Å²) in [4.78, 5) is 15.9. The molecule has 1 atom stereocenters. The number of aliphatic imine (C=N–C) groups is 1. The second kappa shape index (κ2) is 8.79. The van der Waals surface area contributed by atoms with Crippen molar-refractivity contribution >= 4 is 21.6 Å². The first kappa shape index (κ1) is 23.8. The van der Waals surface area contributed by atoms with Crippen LogP contribution in [0.2, 0.25) is 0 Å². The highest BCUT2D eigenvalue weighted by molar-refractivity contribution is 7.90. The van der Waals surface area contributed by atoms with Gasteiger partial charge in [-0.25, -0.2) is 8.42 Å². The van der Waals surface area contributed by atoms with E-state index in [2.05, 4.69) is 10.3 Å². The van der Waals surface area contributed by atoms with Crippen molar-refractivity contribution in [2.75, 3.05) is 19.9 Å². The van der Waals surface area contributed by atoms with Gasteiger partial charge < -0.3 is 14.8 Å². The summed E-state index contributed by atoms with van der Waals surface area (Å²) in [6, 6.07) is 7.81. The van der Waals surface area contributed by atoms with Gasteiger partial charge in [0.2, 0.25) is 5.91 Å². The van der Waals surface area contributed by atoms with Crippen LogP contribution in [-0.2, 0) is 27.4 Å². The average molecular weight is 494 g/mol. The van der Waals surface area contributed by atoms with Gasteiger partial charge in [0.15, 0.2) is 21.3 Å². The van der Waals surface area contributed by atoms with Crippen LogP contribution in [0.1, 0.15) is 29.0 Å².